The van der Waals surface area contributed by atoms with Gasteiger partial charge < -0.3 is 5.73 Å². The molecule has 0 amide bonds. The summed E-state index contributed by atoms with van der Waals surface area (Å²) in [7, 11) is 0. The van der Waals surface area contributed by atoms with E-state index in [1.54, 1.807) is 4.68 Å². The molecule has 2 N–H and O–H groups in total. The minimum absolute atomic E-state index is 0.387. The van der Waals surface area contributed by atoms with Gasteiger partial charge in [0.05, 0.1) is 12.2 Å². The van der Waals surface area contributed by atoms with E-state index in [-0.39, 0.29) is 0 Å². The van der Waals surface area contributed by atoms with Crippen LogP contribution in [0.15, 0.2) is 54.6 Å². The molecule has 1 aromatic heterocycles. The van der Waals surface area contributed by atoms with Gasteiger partial charge in [-0.15, -0.1) is 0 Å². The maximum atomic E-state index is 9.41. The van der Waals surface area contributed by atoms with Crippen LogP contribution in [-0.2, 0) is 13.0 Å². The summed E-state index contributed by atoms with van der Waals surface area (Å²) in [5.41, 5.74) is 9.17. The van der Waals surface area contributed by atoms with Crippen LogP contribution in [0.3, 0.4) is 0 Å². The van der Waals surface area contributed by atoms with E-state index >= 15 is 0 Å². The second kappa shape index (κ2) is 6.55. The molecule has 0 fully saturated rings. The van der Waals surface area contributed by atoms with Gasteiger partial charge in [0, 0.05) is 11.4 Å². The summed E-state index contributed by atoms with van der Waals surface area (Å²) in [4.78, 5) is 0. The second-order valence-corrected chi connectivity index (χ2v) is 5.64. The molecule has 0 unspecified atom stereocenters. The molecule has 0 aliphatic rings. The van der Waals surface area contributed by atoms with Gasteiger partial charge in [-0.05, 0) is 17.2 Å². The predicted octanol–water partition coefficient (Wildman–Crippen LogP) is 3.63. The lowest BCUT2D eigenvalue weighted by atomic mass is 10.1. The summed E-state index contributed by atoms with van der Waals surface area (Å²) in [5.74, 6) is 0.387. The van der Waals surface area contributed by atoms with Crippen molar-refractivity contribution in [1.29, 1.82) is 5.26 Å². The first kappa shape index (κ1) is 15.1. The normalized spacial score (nSPS) is 10.4. The number of nitrogens with zero attached hydrogens (tertiary/aromatic N) is 3. The molecule has 0 saturated carbocycles. The third-order valence-corrected chi connectivity index (χ3v) is 4.04. The molecule has 23 heavy (non-hydrogen) atoms. The number of halogens is 1. The average molecular weight is 323 g/mol. The fraction of sp³-hybridized carbons (Fsp3) is 0.111. The quantitative estimate of drug-likeness (QED) is 0.797. The van der Waals surface area contributed by atoms with Crippen LogP contribution in [0.5, 0.6) is 0 Å². The van der Waals surface area contributed by atoms with Gasteiger partial charge in [-0.25, -0.2) is 4.68 Å². The van der Waals surface area contributed by atoms with E-state index in [1.807, 2.05) is 54.6 Å². The van der Waals surface area contributed by atoms with Crippen molar-refractivity contribution in [2.45, 2.75) is 13.0 Å². The van der Waals surface area contributed by atoms with E-state index in [0.717, 1.165) is 11.1 Å². The summed E-state index contributed by atoms with van der Waals surface area (Å²) in [6, 6.07) is 19.6. The Morgan fingerprint density at radius 2 is 1.78 bits per heavy atom. The summed E-state index contributed by atoms with van der Waals surface area (Å²) in [6.07, 6.45) is 0.481. The van der Waals surface area contributed by atoms with E-state index in [4.69, 9.17) is 17.3 Å². The zero-order chi connectivity index (χ0) is 16.2. The highest BCUT2D eigenvalue weighted by atomic mass is 35.5. The molecule has 0 radical (unpaired) electrons. The first-order chi connectivity index (χ1) is 11.2. The first-order valence-electron chi connectivity index (χ1n) is 7.21. The van der Waals surface area contributed by atoms with Crippen molar-refractivity contribution in [3.63, 3.8) is 0 Å². The average Bonchev–Trinajstić information content (AvgIpc) is 2.85. The van der Waals surface area contributed by atoms with Crippen molar-refractivity contribution < 1.29 is 0 Å². The van der Waals surface area contributed by atoms with Gasteiger partial charge in [-0.3, -0.25) is 0 Å². The molecule has 3 aromatic rings. The highest BCUT2D eigenvalue weighted by Gasteiger charge is 2.16. The Hall–Kier alpha value is -2.77. The minimum atomic E-state index is 0.387. The van der Waals surface area contributed by atoms with Crippen molar-refractivity contribution >= 4 is 17.4 Å². The van der Waals surface area contributed by atoms with E-state index in [1.165, 1.54) is 0 Å². The molecule has 0 atom stereocenters. The van der Waals surface area contributed by atoms with Crippen LogP contribution in [0.4, 0.5) is 5.82 Å². The molecule has 1 heterocycles. The van der Waals surface area contributed by atoms with Gasteiger partial charge in [0.15, 0.2) is 0 Å². The molecule has 0 bridgehead atoms. The monoisotopic (exact) mass is 322 g/mol. The van der Waals surface area contributed by atoms with Gasteiger partial charge in [0.25, 0.3) is 0 Å². The highest BCUT2D eigenvalue weighted by Crippen LogP contribution is 2.23. The lowest BCUT2D eigenvalue weighted by Crippen LogP contribution is -2.06. The van der Waals surface area contributed by atoms with Crippen LogP contribution in [0.25, 0.3) is 0 Å². The third kappa shape index (κ3) is 3.20. The molecule has 0 aliphatic carbocycles. The molecule has 114 valence electrons. The summed E-state index contributed by atoms with van der Waals surface area (Å²) < 4.78 is 1.67. The molecule has 5 heteroatoms. The zero-order valence-electron chi connectivity index (χ0n) is 12.4. The molecular weight excluding hydrogens is 308 g/mol. The number of hydrogen-bond acceptors (Lipinski definition) is 3. The van der Waals surface area contributed by atoms with Gasteiger partial charge in [0.2, 0.25) is 0 Å². The Balaban J connectivity index is 1.94. The summed E-state index contributed by atoms with van der Waals surface area (Å²) in [6.45, 7) is 0.532. The maximum Gasteiger partial charge on any atom is 0.140 e. The van der Waals surface area contributed by atoms with E-state index in [0.29, 0.717) is 35.1 Å². The van der Waals surface area contributed by atoms with Crippen LogP contribution in [-0.4, -0.2) is 9.78 Å². The lowest BCUT2D eigenvalue weighted by Gasteiger charge is -2.04. The van der Waals surface area contributed by atoms with Crippen LogP contribution in [0.2, 0.25) is 5.02 Å². The number of anilines is 1. The number of aromatic nitrogens is 2. The van der Waals surface area contributed by atoms with Crippen molar-refractivity contribution in [2.75, 3.05) is 5.73 Å². The van der Waals surface area contributed by atoms with Gasteiger partial charge in [-0.1, -0.05) is 60.1 Å². The van der Waals surface area contributed by atoms with Gasteiger partial charge in [0.1, 0.15) is 17.5 Å². The first-order valence-corrected chi connectivity index (χ1v) is 7.59. The van der Waals surface area contributed by atoms with E-state index < -0.39 is 0 Å². The Labute approximate surface area is 139 Å². The number of hydrogen-bond donors (Lipinski definition) is 1. The molecule has 0 aliphatic heterocycles. The van der Waals surface area contributed by atoms with Gasteiger partial charge >= 0.3 is 0 Å². The van der Waals surface area contributed by atoms with E-state index in [9.17, 15) is 5.26 Å². The predicted molar refractivity (Wildman–Crippen MR) is 91.2 cm³/mol. The third-order valence-electron chi connectivity index (χ3n) is 3.67. The summed E-state index contributed by atoms with van der Waals surface area (Å²) >= 11 is 6.20. The van der Waals surface area contributed by atoms with Crippen LogP contribution < -0.4 is 5.73 Å². The zero-order valence-corrected chi connectivity index (χ0v) is 13.2. The fourth-order valence-electron chi connectivity index (χ4n) is 2.47. The Morgan fingerprint density at radius 3 is 2.48 bits per heavy atom. The SMILES string of the molecule is N#Cc1c(Cc2ccccc2Cl)nn(Cc2ccccc2)c1N. The fourth-order valence-corrected chi connectivity index (χ4v) is 2.67. The van der Waals surface area contributed by atoms with Crippen molar-refractivity contribution in [3.8, 4) is 6.07 Å². The molecular formula is C18H15ClN4. The lowest BCUT2D eigenvalue weighted by molar-refractivity contribution is 0.685. The van der Waals surface area contributed by atoms with Crippen molar-refractivity contribution in [1.82, 2.24) is 9.78 Å². The number of nitrogens with two attached hydrogens (primary N) is 1. The Kier molecular flexibility index (Phi) is 4.31. The molecule has 2 aromatic carbocycles. The van der Waals surface area contributed by atoms with Gasteiger partial charge in [-0.2, -0.15) is 10.4 Å². The van der Waals surface area contributed by atoms with Crippen LogP contribution in [0, 0.1) is 11.3 Å². The Bertz CT molecular complexity index is 862. The smallest absolute Gasteiger partial charge is 0.140 e. The Morgan fingerprint density at radius 1 is 1.09 bits per heavy atom. The number of rotatable bonds is 4. The molecule has 3 rings (SSSR count). The molecule has 0 spiro atoms. The van der Waals surface area contributed by atoms with Crippen LogP contribution in [0.1, 0.15) is 22.4 Å². The van der Waals surface area contributed by atoms with Crippen molar-refractivity contribution in [2.24, 2.45) is 0 Å². The van der Waals surface area contributed by atoms with Crippen molar-refractivity contribution in [3.05, 3.63) is 82.0 Å². The number of nitriles is 1. The largest absolute Gasteiger partial charge is 0.383 e. The highest BCUT2D eigenvalue weighted by molar-refractivity contribution is 6.31. The standard InChI is InChI=1S/C18H15ClN4/c19-16-9-5-4-8-14(16)10-17-15(11-20)18(21)23(22-17)12-13-6-2-1-3-7-13/h1-9H,10,12,21H2. The number of benzene rings is 2. The number of nitrogen functional groups attached to an aromatic ring is 1. The molecule has 4 nitrogen and oxygen atoms in total. The topological polar surface area (TPSA) is 67.6 Å². The van der Waals surface area contributed by atoms with Crippen LogP contribution >= 0.6 is 11.6 Å². The summed E-state index contributed by atoms with van der Waals surface area (Å²) in [5, 5.41) is 14.6. The second-order valence-electron chi connectivity index (χ2n) is 5.23. The minimum Gasteiger partial charge on any atom is -0.383 e. The maximum absolute atomic E-state index is 9.41. The molecule has 0 saturated heterocycles. The van der Waals surface area contributed by atoms with E-state index in [2.05, 4.69) is 11.2 Å².